The minimum Gasteiger partial charge on any atom is -0.478 e. The van der Waals surface area contributed by atoms with Gasteiger partial charge in [-0.3, -0.25) is 4.79 Å². The molecule has 7 heteroatoms. The van der Waals surface area contributed by atoms with Gasteiger partial charge in [0.25, 0.3) is 0 Å². The van der Waals surface area contributed by atoms with Crippen LogP contribution in [0.5, 0.6) is 0 Å². The van der Waals surface area contributed by atoms with Gasteiger partial charge in [0, 0.05) is 12.5 Å². The molecule has 1 aliphatic rings. The molecule has 1 aliphatic carbocycles. The van der Waals surface area contributed by atoms with Gasteiger partial charge in [0.1, 0.15) is 0 Å². The van der Waals surface area contributed by atoms with Crippen molar-refractivity contribution in [3.8, 4) is 5.69 Å². The number of fused-ring (bicyclic) bond motifs is 1. The molecule has 0 aliphatic heterocycles. The lowest BCUT2D eigenvalue weighted by Gasteiger charge is -2.29. The van der Waals surface area contributed by atoms with Crippen molar-refractivity contribution in [2.45, 2.75) is 39.7 Å². The predicted octanol–water partition coefficient (Wildman–Crippen LogP) is 3.17. The normalized spacial score (nSPS) is 16.7. The van der Waals surface area contributed by atoms with Crippen molar-refractivity contribution in [3.63, 3.8) is 0 Å². The first-order chi connectivity index (χ1) is 11.2. The standard InChI is InChI=1S/C18H21N3O3.ClH/c1-10(19)16-15-13(8-18(2,3)9-14(15)22)21(20-16)12-6-4-11(5-7-12)17(23)24;/h4-7,10H,8-9,19H2,1-3H3,(H,23,24);1H. The Kier molecular flexibility index (Phi) is 5.06. The SMILES string of the molecule is CC(N)c1nn(-c2ccc(C(=O)O)cc2)c2c1C(=O)CC(C)(C)C2.Cl. The summed E-state index contributed by atoms with van der Waals surface area (Å²) < 4.78 is 1.73. The molecule has 1 heterocycles. The van der Waals surface area contributed by atoms with Crippen molar-refractivity contribution in [2.24, 2.45) is 11.1 Å². The summed E-state index contributed by atoms with van der Waals surface area (Å²) in [5.41, 5.74) is 8.91. The lowest BCUT2D eigenvalue weighted by atomic mass is 9.75. The molecule has 2 aromatic rings. The topological polar surface area (TPSA) is 98.2 Å². The molecule has 0 saturated carbocycles. The number of nitrogens with zero attached hydrogens (tertiary/aromatic N) is 2. The molecule has 0 radical (unpaired) electrons. The van der Waals surface area contributed by atoms with Crippen molar-refractivity contribution in [1.82, 2.24) is 9.78 Å². The number of nitrogens with two attached hydrogens (primary N) is 1. The van der Waals surface area contributed by atoms with E-state index in [2.05, 4.69) is 18.9 Å². The number of carboxylic acid groups (broad SMARTS) is 1. The van der Waals surface area contributed by atoms with Crippen LogP contribution < -0.4 is 5.73 Å². The third-order valence-electron chi connectivity index (χ3n) is 4.36. The summed E-state index contributed by atoms with van der Waals surface area (Å²) in [5, 5.41) is 13.6. The Hall–Kier alpha value is -2.18. The third kappa shape index (κ3) is 3.45. The lowest BCUT2D eigenvalue weighted by molar-refractivity contribution is 0.0696. The number of hydrogen-bond acceptors (Lipinski definition) is 4. The summed E-state index contributed by atoms with van der Waals surface area (Å²) in [4.78, 5) is 23.6. The first-order valence-electron chi connectivity index (χ1n) is 7.94. The van der Waals surface area contributed by atoms with Gasteiger partial charge in [-0.25, -0.2) is 9.48 Å². The highest BCUT2D eigenvalue weighted by Crippen LogP contribution is 2.38. The maximum Gasteiger partial charge on any atom is 0.335 e. The van der Waals surface area contributed by atoms with Gasteiger partial charge in [-0.15, -0.1) is 12.4 Å². The van der Waals surface area contributed by atoms with E-state index in [0.29, 0.717) is 24.1 Å². The third-order valence-corrected chi connectivity index (χ3v) is 4.36. The Morgan fingerprint density at radius 1 is 1.28 bits per heavy atom. The number of rotatable bonds is 3. The minimum absolute atomic E-state index is 0. The van der Waals surface area contributed by atoms with Crippen LogP contribution in [0.4, 0.5) is 0 Å². The van der Waals surface area contributed by atoms with E-state index in [9.17, 15) is 9.59 Å². The fraction of sp³-hybridized carbons (Fsp3) is 0.389. The van der Waals surface area contributed by atoms with Gasteiger partial charge in [0.05, 0.1) is 28.2 Å². The number of aromatic nitrogens is 2. The largest absolute Gasteiger partial charge is 0.478 e. The van der Waals surface area contributed by atoms with Crippen LogP contribution in [-0.2, 0) is 6.42 Å². The van der Waals surface area contributed by atoms with E-state index in [0.717, 1.165) is 11.4 Å². The summed E-state index contributed by atoms with van der Waals surface area (Å²) in [6, 6.07) is 6.13. The second-order valence-electron chi connectivity index (χ2n) is 7.20. The van der Waals surface area contributed by atoms with Crippen LogP contribution in [0.1, 0.15) is 65.3 Å². The highest BCUT2D eigenvalue weighted by Gasteiger charge is 2.37. The molecule has 1 aromatic heterocycles. The Bertz CT molecular complexity index is 823. The first kappa shape index (κ1) is 19.1. The predicted molar refractivity (Wildman–Crippen MR) is 96.8 cm³/mol. The van der Waals surface area contributed by atoms with Crippen LogP contribution in [0.25, 0.3) is 5.69 Å². The van der Waals surface area contributed by atoms with Crippen molar-refractivity contribution in [3.05, 3.63) is 46.8 Å². The van der Waals surface area contributed by atoms with Crippen LogP contribution in [0.2, 0.25) is 0 Å². The number of carbonyl (C=O) groups excluding carboxylic acids is 1. The maximum absolute atomic E-state index is 12.6. The van der Waals surface area contributed by atoms with Crippen LogP contribution >= 0.6 is 12.4 Å². The molecule has 1 unspecified atom stereocenters. The van der Waals surface area contributed by atoms with E-state index in [1.807, 2.05) is 6.92 Å². The Morgan fingerprint density at radius 2 is 1.88 bits per heavy atom. The van der Waals surface area contributed by atoms with Crippen molar-refractivity contribution in [2.75, 3.05) is 0 Å². The zero-order chi connectivity index (χ0) is 17.6. The van der Waals surface area contributed by atoms with Crippen LogP contribution in [0.3, 0.4) is 0 Å². The van der Waals surface area contributed by atoms with Gasteiger partial charge in [-0.1, -0.05) is 13.8 Å². The smallest absolute Gasteiger partial charge is 0.335 e. The Balaban J connectivity index is 0.00000225. The molecule has 1 aromatic carbocycles. The van der Waals surface area contributed by atoms with Gasteiger partial charge in [-0.05, 0) is 43.0 Å². The number of carbonyl (C=O) groups is 2. The highest BCUT2D eigenvalue weighted by molar-refractivity contribution is 6.00. The molecular formula is C18H22ClN3O3. The molecule has 0 fully saturated rings. The summed E-state index contributed by atoms with van der Waals surface area (Å²) in [6.45, 7) is 5.93. The first-order valence-corrected chi connectivity index (χ1v) is 7.94. The molecule has 0 spiro atoms. The second kappa shape index (κ2) is 6.61. The molecule has 0 bridgehead atoms. The van der Waals surface area contributed by atoms with Gasteiger partial charge in [0.15, 0.2) is 5.78 Å². The molecule has 6 nitrogen and oxygen atoms in total. The minimum atomic E-state index is -0.975. The number of ketones is 1. The van der Waals surface area contributed by atoms with Gasteiger partial charge in [-0.2, -0.15) is 5.10 Å². The number of benzene rings is 1. The van der Waals surface area contributed by atoms with E-state index in [1.54, 1.807) is 16.8 Å². The van der Waals surface area contributed by atoms with Gasteiger partial charge >= 0.3 is 5.97 Å². The van der Waals surface area contributed by atoms with Crippen LogP contribution in [0.15, 0.2) is 24.3 Å². The number of Topliss-reactive ketones (excluding diaryl/α,β-unsaturated/α-hetero) is 1. The Morgan fingerprint density at radius 3 is 2.40 bits per heavy atom. The van der Waals surface area contributed by atoms with Crippen LogP contribution in [-0.4, -0.2) is 26.6 Å². The zero-order valence-electron chi connectivity index (χ0n) is 14.4. The number of hydrogen-bond donors (Lipinski definition) is 2. The monoisotopic (exact) mass is 363 g/mol. The molecule has 134 valence electrons. The van der Waals surface area contributed by atoms with Crippen molar-refractivity contribution >= 4 is 24.2 Å². The average molecular weight is 364 g/mol. The van der Waals surface area contributed by atoms with Gasteiger partial charge in [0.2, 0.25) is 0 Å². The molecule has 0 saturated heterocycles. The zero-order valence-corrected chi connectivity index (χ0v) is 15.3. The molecule has 0 amide bonds. The fourth-order valence-corrected chi connectivity index (χ4v) is 3.26. The lowest BCUT2D eigenvalue weighted by Crippen LogP contribution is -2.28. The van der Waals surface area contributed by atoms with E-state index in [1.165, 1.54) is 12.1 Å². The van der Waals surface area contributed by atoms with Gasteiger partial charge < -0.3 is 10.8 Å². The molecule has 3 N–H and O–H groups in total. The summed E-state index contributed by atoms with van der Waals surface area (Å²) >= 11 is 0. The van der Waals surface area contributed by atoms with Crippen molar-refractivity contribution in [1.29, 1.82) is 0 Å². The number of carboxylic acids is 1. The maximum atomic E-state index is 12.6. The number of aromatic carboxylic acids is 1. The van der Waals surface area contributed by atoms with Crippen molar-refractivity contribution < 1.29 is 14.7 Å². The van der Waals surface area contributed by atoms with Crippen LogP contribution in [0, 0.1) is 5.41 Å². The summed E-state index contributed by atoms with van der Waals surface area (Å²) in [7, 11) is 0. The van der Waals surface area contributed by atoms with E-state index >= 15 is 0 Å². The summed E-state index contributed by atoms with van der Waals surface area (Å²) in [5.74, 6) is -0.904. The van der Waals surface area contributed by atoms with E-state index in [-0.39, 0.29) is 35.2 Å². The highest BCUT2D eigenvalue weighted by atomic mass is 35.5. The quantitative estimate of drug-likeness (QED) is 0.872. The average Bonchev–Trinajstić information content (AvgIpc) is 2.85. The second-order valence-corrected chi connectivity index (χ2v) is 7.20. The fourth-order valence-electron chi connectivity index (χ4n) is 3.26. The molecule has 1 atom stereocenters. The van der Waals surface area contributed by atoms with E-state index < -0.39 is 5.97 Å². The molecule has 25 heavy (non-hydrogen) atoms. The Labute approximate surface area is 152 Å². The summed E-state index contributed by atoms with van der Waals surface area (Å²) in [6.07, 6.45) is 1.19. The number of halogens is 1. The molecular weight excluding hydrogens is 342 g/mol. The molecule has 3 rings (SSSR count). The van der Waals surface area contributed by atoms with E-state index in [4.69, 9.17) is 10.8 Å².